The number of halogens is 1. The second-order valence-electron chi connectivity index (χ2n) is 7.53. The van der Waals surface area contributed by atoms with Gasteiger partial charge in [-0.15, -0.1) is 0 Å². The summed E-state index contributed by atoms with van der Waals surface area (Å²) in [5, 5.41) is 2.86. The van der Waals surface area contributed by atoms with Crippen molar-refractivity contribution in [2.45, 2.75) is 39.3 Å². The second kappa shape index (κ2) is 13.4. The minimum atomic E-state index is -0.713. The SMILES string of the molecule is CCOCCCNC(=O)[C@@H](C)N(Cc1ccc(F)cc1)C(=O)Cc1ccc(OC)c(OC)c1. The van der Waals surface area contributed by atoms with E-state index in [0.29, 0.717) is 37.7 Å². The average molecular weight is 461 g/mol. The van der Waals surface area contributed by atoms with Gasteiger partial charge in [-0.25, -0.2) is 4.39 Å². The molecule has 180 valence electrons. The van der Waals surface area contributed by atoms with E-state index in [0.717, 1.165) is 11.1 Å². The molecule has 0 bridgehead atoms. The van der Waals surface area contributed by atoms with E-state index in [9.17, 15) is 14.0 Å². The number of methoxy groups -OCH3 is 2. The number of carbonyl (C=O) groups excluding carboxylic acids is 2. The van der Waals surface area contributed by atoms with Crippen LogP contribution in [0.4, 0.5) is 4.39 Å². The Kier molecular flexibility index (Phi) is 10.6. The van der Waals surface area contributed by atoms with Gasteiger partial charge in [-0.2, -0.15) is 0 Å². The van der Waals surface area contributed by atoms with Gasteiger partial charge in [0.25, 0.3) is 0 Å². The van der Waals surface area contributed by atoms with E-state index >= 15 is 0 Å². The highest BCUT2D eigenvalue weighted by Crippen LogP contribution is 2.28. The highest BCUT2D eigenvalue weighted by Gasteiger charge is 2.26. The van der Waals surface area contributed by atoms with Crippen LogP contribution in [0.15, 0.2) is 42.5 Å². The van der Waals surface area contributed by atoms with Crippen molar-refractivity contribution in [3.05, 3.63) is 59.4 Å². The molecule has 2 aromatic carbocycles. The molecule has 0 unspecified atom stereocenters. The van der Waals surface area contributed by atoms with Gasteiger partial charge in [0.05, 0.1) is 20.6 Å². The Labute approximate surface area is 194 Å². The lowest BCUT2D eigenvalue weighted by atomic mass is 10.1. The number of hydrogen-bond acceptors (Lipinski definition) is 5. The van der Waals surface area contributed by atoms with Gasteiger partial charge in [-0.05, 0) is 55.7 Å². The summed E-state index contributed by atoms with van der Waals surface area (Å²) in [7, 11) is 3.07. The third-order valence-corrected chi connectivity index (χ3v) is 5.21. The number of amides is 2. The molecule has 2 amide bonds. The fourth-order valence-corrected chi connectivity index (χ4v) is 3.31. The van der Waals surface area contributed by atoms with E-state index in [1.165, 1.54) is 24.1 Å². The minimum absolute atomic E-state index is 0.0729. The van der Waals surface area contributed by atoms with Crippen molar-refractivity contribution < 1.29 is 28.2 Å². The summed E-state index contributed by atoms with van der Waals surface area (Å²) < 4.78 is 29.2. The predicted molar refractivity (Wildman–Crippen MR) is 124 cm³/mol. The first-order chi connectivity index (χ1) is 15.9. The molecule has 0 heterocycles. The Morgan fingerprint density at radius 2 is 1.70 bits per heavy atom. The van der Waals surface area contributed by atoms with Crippen LogP contribution in [-0.4, -0.2) is 56.7 Å². The predicted octanol–water partition coefficient (Wildman–Crippen LogP) is 3.35. The average Bonchev–Trinajstić information content (AvgIpc) is 2.82. The molecular formula is C25H33FN2O5. The lowest BCUT2D eigenvalue weighted by Crippen LogP contribution is -2.48. The molecule has 0 aliphatic rings. The minimum Gasteiger partial charge on any atom is -0.493 e. The van der Waals surface area contributed by atoms with Crippen LogP contribution < -0.4 is 14.8 Å². The van der Waals surface area contributed by atoms with Gasteiger partial charge in [-0.3, -0.25) is 9.59 Å². The molecule has 0 fully saturated rings. The fourth-order valence-electron chi connectivity index (χ4n) is 3.31. The number of nitrogens with one attached hydrogen (secondary N) is 1. The Morgan fingerprint density at radius 3 is 2.33 bits per heavy atom. The number of benzene rings is 2. The van der Waals surface area contributed by atoms with Gasteiger partial charge in [0.1, 0.15) is 11.9 Å². The molecule has 0 aliphatic carbocycles. The maximum atomic E-state index is 13.3. The van der Waals surface area contributed by atoms with Crippen LogP contribution in [0.3, 0.4) is 0 Å². The highest BCUT2D eigenvalue weighted by atomic mass is 19.1. The Bertz CT molecular complexity index is 904. The largest absolute Gasteiger partial charge is 0.493 e. The zero-order valence-electron chi connectivity index (χ0n) is 19.7. The van der Waals surface area contributed by atoms with Gasteiger partial charge < -0.3 is 24.4 Å². The molecule has 1 N–H and O–H groups in total. The maximum absolute atomic E-state index is 13.3. The summed E-state index contributed by atoms with van der Waals surface area (Å²) in [5.74, 6) is 0.240. The number of hydrogen-bond donors (Lipinski definition) is 1. The molecule has 33 heavy (non-hydrogen) atoms. The van der Waals surface area contributed by atoms with E-state index in [4.69, 9.17) is 14.2 Å². The van der Waals surface area contributed by atoms with Crippen LogP contribution in [-0.2, 0) is 27.3 Å². The van der Waals surface area contributed by atoms with Crippen molar-refractivity contribution >= 4 is 11.8 Å². The van der Waals surface area contributed by atoms with Gasteiger partial charge in [0, 0.05) is 26.3 Å². The quantitative estimate of drug-likeness (QED) is 0.464. The van der Waals surface area contributed by atoms with E-state index < -0.39 is 6.04 Å². The van der Waals surface area contributed by atoms with Crippen LogP contribution in [0.2, 0.25) is 0 Å². The smallest absolute Gasteiger partial charge is 0.242 e. The second-order valence-corrected chi connectivity index (χ2v) is 7.53. The summed E-state index contributed by atoms with van der Waals surface area (Å²) in [5.41, 5.74) is 1.46. The number of ether oxygens (including phenoxy) is 3. The third-order valence-electron chi connectivity index (χ3n) is 5.21. The Morgan fingerprint density at radius 1 is 1.03 bits per heavy atom. The molecule has 0 saturated heterocycles. The summed E-state index contributed by atoms with van der Waals surface area (Å²) in [6.07, 6.45) is 0.757. The zero-order valence-corrected chi connectivity index (χ0v) is 19.7. The molecule has 2 aromatic rings. The summed E-state index contributed by atoms with van der Waals surface area (Å²) in [4.78, 5) is 27.5. The standard InChI is InChI=1S/C25H33FN2O5/c1-5-33-14-6-13-27-25(30)18(2)28(17-19-7-10-21(26)11-8-19)24(29)16-20-9-12-22(31-3)23(15-20)32-4/h7-12,15,18H,5-6,13-14,16-17H2,1-4H3,(H,27,30)/t18-/m1/s1. The molecule has 7 nitrogen and oxygen atoms in total. The molecule has 0 saturated carbocycles. The topological polar surface area (TPSA) is 77.1 Å². The summed E-state index contributed by atoms with van der Waals surface area (Å²) >= 11 is 0. The van der Waals surface area contributed by atoms with Crippen LogP contribution >= 0.6 is 0 Å². The van der Waals surface area contributed by atoms with Crippen LogP contribution in [0.1, 0.15) is 31.4 Å². The van der Waals surface area contributed by atoms with Crippen LogP contribution in [0.25, 0.3) is 0 Å². The van der Waals surface area contributed by atoms with Crippen molar-refractivity contribution in [3.8, 4) is 11.5 Å². The van der Waals surface area contributed by atoms with Gasteiger partial charge >= 0.3 is 0 Å². The molecular weight excluding hydrogens is 427 g/mol. The third kappa shape index (κ3) is 8.05. The van der Waals surface area contributed by atoms with Crippen LogP contribution in [0, 0.1) is 5.82 Å². The number of rotatable bonds is 13. The Hall–Kier alpha value is -3.13. The number of carbonyl (C=O) groups is 2. The van der Waals surface area contributed by atoms with Gasteiger partial charge in [0.2, 0.25) is 11.8 Å². The summed E-state index contributed by atoms with van der Waals surface area (Å²) in [6.45, 7) is 5.42. The van der Waals surface area contributed by atoms with Crippen molar-refractivity contribution in [3.63, 3.8) is 0 Å². The van der Waals surface area contributed by atoms with Gasteiger partial charge in [-0.1, -0.05) is 18.2 Å². The van der Waals surface area contributed by atoms with Crippen molar-refractivity contribution in [1.29, 1.82) is 0 Å². The Balaban J connectivity index is 2.16. The first-order valence-corrected chi connectivity index (χ1v) is 11.0. The zero-order chi connectivity index (χ0) is 24.2. The molecule has 0 spiro atoms. The monoisotopic (exact) mass is 460 g/mol. The van der Waals surface area contributed by atoms with E-state index in [2.05, 4.69) is 5.32 Å². The normalized spacial score (nSPS) is 11.5. The van der Waals surface area contributed by atoms with Crippen molar-refractivity contribution in [1.82, 2.24) is 10.2 Å². The van der Waals surface area contributed by atoms with Crippen LogP contribution in [0.5, 0.6) is 11.5 Å². The maximum Gasteiger partial charge on any atom is 0.242 e. The first kappa shape index (κ1) is 26.1. The lowest BCUT2D eigenvalue weighted by molar-refractivity contribution is -0.140. The van der Waals surface area contributed by atoms with Gasteiger partial charge in [0.15, 0.2) is 11.5 Å². The van der Waals surface area contributed by atoms with Crippen molar-refractivity contribution in [2.24, 2.45) is 0 Å². The molecule has 0 aliphatic heterocycles. The molecule has 2 rings (SSSR count). The summed E-state index contributed by atoms with van der Waals surface area (Å²) in [6, 6.07) is 10.4. The molecule has 0 aromatic heterocycles. The molecule has 0 radical (unpaired) electrons. The first-order valence-electron chi connectivity index (χ1n) is 11.0. The fraction of sp³-hybridized carbons (Fsp3) is 0.440. The lowest BCUT2D eigenvalue weighted by Gasteiger charge is -2.29. The molecule has 8 heteroatoms. The van der Waals surface area contributed by atoms with E-state index in [1.807, 2.05) is 6.92 Å². The molecule has 1 atom stereocenters. The van der Waals surface area contributed by atoms with E-state index in [-0.39, 0.29) is 30.6 Å². The number of nitrogens with zero attached hydrogens (tertiary/aromatic N) is 1. The van der Waals surface area contributed by atoms with E-state index in [1.54, 1.807) is 44.4 Å². The van der Waals surface area contributed by atoms with Crippen molar-refractivity contribution in [2.75, 3.05) is 34.0 Å². The highest BCUT2D eigenvalue weighted by molar-refractivity contribution is 5.88.